The molecule has 0 amide bonds. The van der Waals surface area contributed by atoms with Crippen molar-refractivity contribution in [3.8, 4) is 17.2 Å². The van der Waals surface area contributed by atoms with Crippen LogP contribution in [-0.2, 0) is 9.59 Å². The summed E-state index contributed by atoms with van der Waals surface area (Å²) in [5.41, 5.74) is -1.53. The highest BCUT2D eigenvalue weighted by Crippen LogP contribution is 2.49. The second kappa shape index (κ2) is 9.65. The minimum Gasteiger partial charge on any atom is -0.507 e. The van der Waals surface area contributed by atoms with E-state index in [1.54, 1.807) is 0 Å². The zero-order chi connectivity index (χ0) is 26.9. The lowest BCUT2D eigenvalue weighted by Crippen LogP contribution is -2.03. The summed E-state index contributed by atoms with van der Waals surface area (Å²) in [5.74, 6) is -1.59. The summed E-state index contributed by atoms with van der Waals surface area (Å²) in [7, 11) is 0. The Labute approximate surface area is 206 Å². The van der Waals surface area contributed by atoms with Crippen molar-refractivity contribution in [3.63, 3.8) is 0 Å². The number of hydrogen-bond acceptors (Lipinski definition) is 11. The molecule has 0 aromatic heterocycles. The van der Waals surface area contributed by atoms with E-state index >= 15 is 0 Å². The maximum Gasteiger partial charge on any atom is 0.308 e. The highest BCUT2D eigenvalue weighted by atomic mass is 16.6. The van der Waals surface area contributed by atoms with E-state index in [1.165, 1.54) is 50.2 Å². The van der Waals surface area contributed by atoms with Crippen LogP contribution in [0.3, 0.4) is 0 Å². The molecule has 1 N–H and O–H groups in total. The fourth-order valence-corrected chi connectivity index (χ4v) is 3.76. The number of fused-ring (bicyclic) bond motifs is 2. The maximum absolute atomic E-state index is 11.8. The molecule has 0 atom stereocenters. The van der Waals surface area contributed by atoms with Crippen LogP contribution in [0, 0.1) is 20.2 Å². The van der Waals surface area contributed by atoms with Gasteiger partial charge in [-0.05, 0) is 18.2 Å². The molecule has 0 fully saturated rings. The third kappa shape index (κ3) is 4.73. The first-order valence-corrected chi connectivity index (χ1v) is 10.5. The van der Waals surface area contributed by atoms with E-state index in [0.29, 0.717) is 0 Å². The average molecular weight is 504 g/mol. The Morgan fingerprint density at radius 3 is 1.81 bits per heavy atom. The Hall–Kier alpha value is -5.46. The number of benzene rings is 4. The van der Waals surface area contributed by atoms with Crippen molar-refractivity contribution in [2.75, 3.05) is 0 Å². The average Bonchev–Trinajstić information content (AvgIpc) is 2.83. The fourth-order valence-electron chi connectivity index (χ4n) is 3.76. The van der Waals surface area contributed by atoms with Crippen LogP contribution in [-0.4, -0.2) is 26.9 Å². The summed E-state index contributed by atoms with van der Waals surface area (Å²) in [6, 6.07) is 11.8. The lowest BCUT2D eigenvalue weighted by atomic mass is 9.98. The Morgan fingerprint density at radius 2 is 1.35 bits per heavy atom. The van der Waals surface area contributed by atoms with Crippen LogP contribution in [0.5, 0.6) is 17.2 Å². The number of carbonyl (C=O) groups is 2. The second-order valence-corrected chi connectivity index (χ2v) is 7.63. The standard InChI is InChI=1S/C24H16N4O9/c1-12(29)36-19-7-3-5-15-21(19)23(22-16(24(15)31)6-4-8-20(22)37-13(2)30)26-25-17-10-9-14(27(32)33)11-18(17)28(34)35/h3-11,31H,1-2H3. The van der Waals surface area contributed by atoms with Crippen LogP contribution >= 0.6 is 0 Å². The first kappa shape index (κ1) is 24.7. The molecule has 0 spiro atoms. The molecule has 186 valence electrons. The Balaban J connectivity index is 2.10. The van der Waals surface area contributed by atoms with Crippen molar-refractivity contribution in [1.29, 1.82) is 0 Å². The van der Waals surface area contributed by atoms with E-state index in [9.17, 15) is 34.9 Å². The van der Waals surface area contributed by atoms with Crippen LogP contribution in [0.15, 0.2) is 64.8 Å². The zero-order valence-corrected chi connectivity index (χ0v) is 19.2. The van der Waals surface area contributed by atoms with Crippen LogP contribution in [0.1, 0.15) is 13.8 Å². The van der Waals surface area contributed by atoms with E-state index in [0.717, 1.165) is 18.2 Å². The number of ether oxygens (including phenoxy) is 2. The number of aromatic hydroxyl groups is 1. The van der Waals surface area contributed by atoms with Gasteiger partial charge in [-0.25, -0.2) is 0 Å². The number of phenols is 1. The predicted octanol–water partition coefficient (Wildman–Crippen LogP) is 5.78. The molecule has 37 heavy (non-hydrogen) atoms. The third-order valence-corrected chi connectivity index (χ3v) is 5.17. The smallest absolute Gasteiger partial charge is 0.308 e. The number of hydrogen-bond donors (Lipinski definition) is 1. The first-order chi connectivity index (χ1) is 17.6. The molecule has 0 aliphatic carbocycles. The van der Waals surface area contributed by atoms with E-state index in [1.807, 2.05) is 0 Å². The van der Waals surface area contributed by atoms with Gasteiger partial charge in [0.25, 0.3) is 5.69 Å². The monoisotopic (exact) mass is 504 g/mol. The van der Waals surface area contributed by atoms with Gasteiger partial charge < -0.3 is 14.6 Å². The third-order valence-electron chi connectivity index (χ3n) is 5.17. The number of phenolic OH excluding ortho intramolecular Hbond substituents is 1. The molecule has 0 bridgehead atoms. The number of rotatable bonds is 6. The summed E-state index contributed by atoms with van der Waals surface area (Å²) in [6.07, 6.45) is 0. The fraction of sp³-hybridized carbons (Fsp3) is 0.0833. The summed E-state index contributed by atoms with van der Waals surface area (Å²) in [4.78, 5) is 44.5. The maximum atomic E-state index is 11.8. The van der Waals surface area contributed by atoms with E-state index in [2.05, 4.69) is 10.2 Å². The van der Waals surface area contributed by atoms with Gasteiger partial charge in [0.05, 0.1) is 26.7 Å². The number of azo groups is 1. The second-order valence-electron chi connectivity index (χ2n) is 7.63. The first-order valence-electron chi connectivity index (χ1n) is 10.5. The quantitative estimate of drug-likeness (QED) is 0.0848. The molecule has 13 nitrogen and oxygen atoms in total. The number of esters is 2. The largest absolute Gasteiger partial charge is 0.507 e. The molecule has 0 radical (unpaired) electrons. The van der Waals surface area contributed by atoms with Gasteiger partial charge in [0.2, 0.25) is 0 Å². The summed E-state index contributed by atoms with van der Waals surface area (Å²) in [6.45, 7) is 2.34. The molecule has 0 saturated carbocycles. The van der Waals surface area contributed by atoms with E-state index in [-0.39, 0.29) is 50.2 Å². The molecule has 0 saturated heterocycles. The van der Waals surface area contributed by atoms with Gasteiger partial charge in [-0.15, -0.1) is 10.2 Å². The number of non-ortho nitro benzene ring substituents is 1. The lowest BCUT2D eigenvalue weighted by Gasteiger charge is -2.15. The van der Waals surface area contributed by atoms with Crippen molar-refractivity contribution in [2.45, 2.75) is 13.8 Å². The van der Waals surface area contributed by atoms with Gasteiger partial charge in [-0.1, -0.05) is 24.3 Å². The van der Waals surface area contributed by atoms with Gasteiger partial charge in [-0.2, -0.15) is 0 Å². The molecule has 4 aromatic rings. The van der Waals surface area contributed by atoms with Gasteiger partial charge in [0, 0.05) is 30.7 Å². The Kier molecular flexibility index (Phi) is 6.43. The molecule has 0 heterocycles. The summed E-state index contributed by atoms with van der Waals surface area (Å²) < 4.78 is 10.6. The van der Waals surface area contributed by atoms with Gasteiger partial charge in [-0.3, -0.25) is 29.8 Å². The van der Waals surface area contributed by atoms with Crippen molar-refractivity contribution in [1.82, 2.24) is 0 Å². The summed E-state index contributed by atoms with van der Waals surface area (Å²) >= 11 is 0. The summed E-state index contributed by atoms with van der Waals surface area (Å²) in [5, 5.41) is 42.4. The molecule has 0 aliphatic rings. The van der Waals surface area contributed by atoms with Crippen molar-refractivity contribution in [2.24, 2.45) is 10.2 Å². The molecule has 0 unspecified atom stereocenters. The molecule has 0 aliphatic heterocycles. The van der Waals surface area contributed by atoms with Crippen LogP contribution in [0.4, 0.5) is 22.7 Å². The van der Waals surface area contributed by atoms with Crippen molar-refractivity contribution < 1.29 is 34.0 Å². The van der Waals surface area contributed by atoms with Crippen LogP contribution in [0.25, 0.3) is 21.5 Å². The number of carbonyl (C=O) groups excluding carboxylic acids is 2. The predicted molar refractivity (Wildman–Crippen MR) is 130 cm³/mol. The van der Waals surface area contributed by atoms with Crippen molar-refractivity contribution in [3.05, 3.63) is 74.8 Å². The van der Waals surface area contributed by atoms with Gasteiger partial charge >= 0.3 is 17.6 Å². The SMILES string of the molecule is CC(=O)Oc1cccc2c(O)c3cccc(OC(C)=O)c3c(N=Nc3ccc([N+](=O)[O-])cc3[N+](=O)[O-])c12. The molecule has 13 heteroatoms. The minimum atomic E-state index is -0.844. The van der Waals surface area contributed by atoms with Crippen LogP contribution in [0.2, 0.25) is 0 Å². The number of nitro groups is 2. The molecule has 4 aromatic carbocycles. The Morgan fingerprint density at radius 1 is 0.811 bits per heavy atom. The highest BCUT2D eigenvalue weighted by molar-refractivity contribution is 6.18. The Bertz CT molecular complexity index is 1590. The molecular formula is C24H16N4O9. The van der Waals surface area contributed by atoms with Gasteiger partial charge in [0.15, 0.2) is 5.69 Å². The lowest BCUT2D eigenvalue weighted by molar-refractivity contribution is -0.393. The molecular weight excluding hydrogens is 488 g/mol. The number of nitrogens with zero attached hydrogens (tertiary/aromatic N) is 4. The van der Waals surface area contributed by atoms with E-state index < -0.39 is 33.2 Å². The van der Waals surface area contributed by atoms with Crippen molar-refractivity contribution >= 4 is 56.2 Å². The zero-order valence-electron chi connectivity index (χ0n) is 19.2. The highest BCUT2D eigenvalue weighted by Gasteiger charge is 2.23. The molecule has 4 rings (SSSR count). The number of nitro benzene ring substituents is 2. The minimum absolute atomic E-state index is 0.00743. The van der Waals surface area contributed by atoms with Gasteiger partial charge in [0.1, 0.15) is 22.9 Å². The van der Waals surface area contributed by atoms with Crippen LogP contribution < -0.4 is 9.47 Å². The normalized spacial score (nSPS) is 11.1. The van der Waals surface area contributed by atoms with E-state index in [4.69, 9.17) is 9.47 Å². The topological polar surface area (TPSA) is 184 Å².